The molecule has 0 radical (unpaired) electrons. The Hall–Kier alpha value is -1.89. The molecule has 0 bridgehead atoms. The maximum absolute atomic E-state index is 12.7. The molecular weight excluding hydrogens is 424 g/mol. The molecule has 0 atom stereocenters. The molecule has 1 N–H and O–H groups in total. The van der Waals surface area contributed by atoms with E-state index in [9.17, 15) is 18.0 Å². The Kier molecular flexibility index (Phi) is 8.01. The molecule has 1 saturated heterocycles. The number of likely N-dealkylation sites (tertiary alicyclic amines) is 1. The summed E-state index contributed by atoms with van der Waals surface area (Å²) in [5.41, 5.74) is 1.52. The predicted molar refractivity (Wildman–Crippen MR) is 127 cm³/mol. The number of rotatable bonds is 6. The molecule has 2 fully saturated rings. The van der Waals surface area contributed by atoms with Gasteiger partial charge in [0.05, 0.1) is 16.9 Å². The zero-order chi connectivity index (χ0) is 23.4. The minimum Gasteiger partial charge on any atom is -0.349 e. The summed E-state index contributed by atoms with van der Waals surface area (Å²) in [6.07, 6.45) is 7.46. The Morgan fingerprint density at radius 2 is 1.56 bits per heavy atom. The van der Waals surface area contributed by atoms with E-state index in [1.807, 2.05) is 17.0 Å². The van der Waals surface area contributed by atoms with E-state index >= 15 is 0 Å². The number of hydrogen-bond acceptors (Lipinski definition) is 4. The molecule has 0 unspecified atom stereocenters. The number of piperidine rings is 1. The SMILES string of the molecule is CC(C)(C)S(=O)(=O)CC1CCN(C(=O)Cc2ccc(C(=O)NC3CCCCC3)cc2)CC1. The van der Waals surface area contributed by atoms with E-state index in [0.29, 0.717) is 25.1 Å². The first-order chi connectivity index (χ1) is 15.0. The van der Waals surface area contributed by atoms with Crippen LogP contribution in [0.1, 0.15) is 81.6 Å². The van der Waals surface area contributed by atoms with Gasteiger partial charge in [-0.3, -0.25) is 9.59 Å². The zero-order valence-corrected chi connectivity index (χ0v) is 20.5. The van der Waals surface area contributed by atoms with Gasteiger partial charge in [0.25, 0.3) is 5.91 Å². The first kappa shape index (κ1) is 24.7. The number of amides is 2. The highest BCUT2D eigenvalue weighted by Gasteiger charge is 2.33. The zero-order valence-electron chi connectivity index (χ0n) is 19.7. The van der Waals surface area contributed by atoms with Crippen molar-refractivity contribution in [3.8, 4) is 0 Å². The van der Waals surface area contributed by atoms with Gasteiger partial charge >= 0.3 is 0 Å². The van der Waals surface area contributed by atoms with Gasteiger partial charge < -0.3 is 10.2 Å². The summed E-state index contributed by atoms with van der Waals surface area (Å²) >= 11 is 0. The average molecular weight is 463 g/mol. The van der Waals surface area contributed by atoms with E-state index in [1.54, 1.807) is 32.9 Å². The molecule has 3 rings (SSSR count). The topological polar surface area (TPSA) is 83.6 Å². The van der Waals surface area contributed by atoms with Crippen LogP contribution in [0.3, 0.4) is 0 Å². The van der Waals surface area contributed by atoms with Gasteiger partial charge in [-0.05, 0) is 70.1 Å². The molecule has 1 aliphatic heterocycles. The van der Waals surface area contributed by atoms with Crippen molar-refractivity contribution in [2.45, 2.75) is 82.9 Å². The van der Waals surface area contributed by atoms with Crippen molar-refractivity contribution in [1.29, 1.82) is 0 Å². The lowest BCUT2D eigenvalue weighted by Gasteiger charge is -2.33. The van der Waals surface area contributed by atoms with Crippen LogP contribution in [0.15, 0.2) is 24.3 Å². The number of carbonyl (C=O) groups is 2. The van der Waals surface area contributed by atoms with Crippen molar-refractivity contribution < 1.29 is 18.0 Å². The third kappa shape index (κ3) is 6.56. The van der Waals surface area contributed by atoms with Gasteiger partial charge in [0.2, 0.25) is 5.91 Å². The van der Waals surface area contributed by atoms with E-state index in [-0.39, 0.29) is 29.5 Å². The molecular formula is C25H38N2O4S. The van der Waals surface area contributed by atoms with Crippen LogP contribution in [-0.4, -0.2) is 54.8 Å². The molecule has 1 aliphatic carbocycles. The first-order valence-corrected chi connectivity index (χ1v) is 13.6. The van der Waals surface area contributed by atoms with E-state index in [1.165, 1.54) is 19.3 Å². The fourth-order valence-corrected chi connectivity index (χ4v) is 5.94. The summed E-state index contributed by atoms with van der Waals surface area (Å²) in [6, 6.07) is 7.58. The van der Waals surface area contributed by atoms with Gasteiger partial charge in [-0.25, -0.2) is 8.42 Å². The second-order valence-corrected chi connectivity index (χ2v) is 13.2. The molecule has 0 aromatic heterocycles. The Morgan fingerprint density at radius 1 is 0.969 bits per heavy atom. The minimum absolute atomic E-state index is 0.0398. The molecule has 178 valence electrons. The fraction of sp³-hybridized carbons (Fsp3) is 0.680. The highest BCUT2D eigenvalue weighted by molar-refractivity contribution is 7.92. The van der Waals surface area contributed by atoms with E-state index in [2.05, 4.69) is 5.32 Å². The molecule has 1 aromatic rings. The summed E-state index contributed by atoms with van der Waals surface area (Å²) in [6.45, 7) is 6.43. The number of nitrogens with one attached hydrogen (secondary N) is 1. The number of hydrogen-bond donors (Lipinski definition) is 1. The smallest absolute Gasteiger partial charge is 0.251 e. The van der Waals surface area contributed by atoms with Crippen molar-refractivity contribution in [2.75, 3.05) is 18.8 Å². The monoisotopic (exact) mass is 462 g/mol. The molecule has 1 aromatic carbocycles. The molecule has 2 aliphatic rings. The van der Waals surface area contributed by atoms with Crippen molar-refractivity contribution in [3.63, 3.8) is 0 Å². The van der Waals surface area contributed by atoms with Gasteiger partial charge in [-0.2, -0.15) is 0 Å². The summed E-state index contributed by atoms with van der Waals surface area (Å²) < 4.78 is 24.2. The van der Waals surface area contributed by atoms with Crippen LogP contribution in [0.2, 0.25) is 0 Å². The van der Waals surface area contributed by atoms with Crippen molar-refractivity contribution in [3.05, 3.63) is 35.4 Å². The standard InChI is InChI=1S/C25H38N2O4S/c1-25(2,3)32(30,31)18-20-13-15-27(16-14-20)23(28)17-19-9-11-21(12-10-19)24(29)26-22-7-5-4-6-8-22/h9-12,20,22H,4-8,13-18H2,1-3H3,(H,26,29). The van der Waals surface area contributed by atoms with Crippen LogP contribution in [0.4, 0.5) is 0 Å². The Labute approximate surface area is 193 Å². The third-order valence-electron chi connectivity index (χ3n) is 6.87. The number of nitrogens with zero attached hydrogens (tertiary/aromatic N) is 1. The molecule has 2 amide bonds. The highest BCUT2D eigenvalue weighted by atomic mass is 32.2. The molecule has 6 nitrogen and oxygen atoms in total. The molecule has 32 heavy (non-hydrogen) atoms. The lowest BCUT2D eigenvalue weighted by Crippen LogP contribution is -2.42. The largest absolute Gasteiger partial charge is 0.349 e. The molecule has 7 heteroatoms. The number of benzene rings is 1. The maximum Gasteiger partial charge on any atom is 0.251 e. The Morgan fingerprint density at radius 3 is 2.12 bits per heavy atom. The molecule has 1 heterocycles. The van der Waals surface area contributed by atoms with Gasteiger partial charge in [0.15, 0.2) is 9.84 Å². The van der Waals surface area contributed by atoms with Gasteiger partial charge in [0.1, 0.15) is 0 Å². The highest BCUT2D eigenvalue weighted by Crippen LogP contribution is 2.25. The lowest BCUT2D eigenvalue weighted by atomic mass is 9.95. The summed E-state index contributed by atoms with van der Waals surface area (Å²) in [5.74, 6) is 0.331. The second-order valence-electron chi connectivity index (χ2n) is 10.4. The van der Waals surface area contributed by atoms with Crippen LogP contribution in [0, 0.1) is 5.92 Å². The van der Waals surface area contributed by atoms with Gasteiger partial charge in [0, 0.05) is 24.7 Å². The van der Waals surface area contributed by atoms with Crippen LogP contribution in [0.25, 0.3) is 0 Å². The molecule has 0 spiro atoms. The van der Waals surface area contributed by atoms with Gasteiger partial charge in [-0.15, -0.1) is 0 Å². The van der Waals surface area contributed by atoms with Crippen LogP contribution < -0.4 is 5.32 Å². The van der Waals surface area contributed by atoms with E-state index < -0.39 is 14.6 Å². The van der Waals surface area contributed by atoms with E-state index in [0.717, 1.165) is 31.2 Å². The van der Waals surface area contributed by atoms with Crippen molar-refractivity contribution in [2.24, 2.45) is 5.92 Å². The maximum atomic E-state index is 12.7. The Balaban J connectivity index is 1.46. The third-order valence-corrected chi connectivity index (χ3v) is 9.64. The number of carbonyl (C=O) groups excluding carboxylic acids is 2. The second kappa shape index (κ2) is 10.4. The quantitative estimate of drug-likeness (QED) is 0.698. The minimum atomic E-state index is -3.14. The Bertz CT molecular complexity index is 889. The van der Waals surface area contributed by atoms with E-state index in [4.69, 9.17) is 0 Å². The normalized spacial score (nSPS) is 19.0. The van der Waals surface area contributed by atoms with Crippen LogP contribution in [0.5, 0.6) is 0 Å². The number of sulfone groups is 1. The predicted octanol–water partition coefficient (Wildman–Crippen LogP) is 3.74. The van der Waals surface area contributed by atoms with Crippen molar-refractivity contribution >= 4 is 21.7 Å². The van der Waals surface area contributed by atoms with Gasteiger partial charge in [-0.1, -0.05) is 31.4 Å². The van der Waals surface area contributed by atoms with Crippen LogP contribution >= 0.6 is 0 Å². The first-order valence-electron chi connectivity index (χ1n) is 11.9. The average Bonchev–Trinajstić information content (AvgIpc) is 2.74. The molecule has 1 saturated carbocycles. The van der Waals surface area contributed by atoms with Crippen molar-refractivity contribution in [1.82, 2.24) is 10.2 Å². The fourth-order valence-electron chi connectivity index (χ4n) is 4.49. The summed E-state index contributed by atoms with van der Waals surface area (Å²) in [5, 5.41) is 3.12. The summed E-state index contributed by atoms with van der Waals surface area (Å²) in [7, 11) is -3.14. The summed E-state index contributed by atoms with van der Waals surface area (Å²) in [4.78, 5) is 27.0. The van der Waals surface area contributed by atoms with Crippen LogP contribution in [-0.2, 0) is 21.1 Å². The lowest BCUT2D eigenvalue weighted by molar-refractivity contribution is -0.131.